The molecule has 26 heavy (non-hydrogen) atoms. The van der Waals surface area contributed by atoms with E-state index in [1.807, 2.05) is 30.6 Å². The van der Waals surface area contributed by atoms with E-state index in [1.165, 1.54) is 25.0 Å². The number of sulfonamides is 1. The Labute approximate surface area is 159 Å². The summed E-state index contributed by atoms with van der Waals surface area (Å²) in [5, 5.41) is 6.88. The molecule has 0 unspecified atom stereocenters. The highest BCUT2D eigenvalue weighted by molar-refractivity contribution is 7.89. The van der Waals surface area contributed by atoms with Crippen molar-refractivity contribution in [3.8, 4) is 0 Å². The maximum absolute atomic E-state index is 12.6. The third-order valence-electron chi connectivity index (χ3n) is 4.23. The Morgan fingerprint density at radius 3 is 2.50 bits per heavy atom. The number of nitrogens with two attached hydrogens (primary N) is 1. The minimum atomic E-state index is -3.55. The zero-order valence-corrected chi connectivity index (χ0v) is 17.3. The van der Waals surface area contributed by atoms with Crippen LogP contribution >= 0.6 is 11.3 Å². The number of aryl methyl sites for hydroxylation is 1. The van der Waals surface area contributed by atoms with E-state index in [2.05, 4.69) is 18.3 Å². The molecule has 0 bridgehead atoms. The van der Waals surface area contributed by atoms with Crippen LogP contribution in [0.5, 0.6) is 0 Å². The Kier molecular flexibility index (Phi) is 6.57. The molecule has 1 aromatic heterocycles. The van der Waals surface area contributed by atoms with Gasteiger partial charge in [-0.25, -0.2) is 12.7 Å². The van der Waals surface area contributed by atoms with Gasteiger partial charge in [-0.15, -0.1) is 11.3 Å². The normalized spacial score (nSPS) is 14.2. The van der Waals surface area contributed by atoms with Crippen molar-refractivity contribution in [1.29, 1.82) is 0 Å². The fourth-order valence-electron chi connectivity index (χ4n) is 2.52. The van der Waals surface area contributed by atoms with Crippen molar-refractivity contribution in [2.75, 3.05) is 19.4 Å². The minimum absolute atomic E-state index is 0.157. The number of carbonyl (C=O) groups excluding carboxylic acids is 1. The maximum Gasteiger partial charge on any atom is 0.282 e. The molecule has 0 radical (unpaired) electrons. The molecule has 0 aliphatic carbocycles. The number of amides is 1. The molecule has 0 aliphatic heterocycles. The van der Waals surface area contributed by atoms with Gasteiger partial charge in [0.2, 0.25) is 10.0 Å². The molecule has 1 amide bonds. The van der Waals surface area contributed by atoms with Crippen molar-refractivity contribution in [2.45, 2.75) is 37.8 Å². The zero-order chi connectivity index (χ0) is 19.5. The standard InChI is InChI=1S/C18H25N3O3S2/c1-12-8-9-15(26(23,24)21(4)5)11-16(12)20-18(22)14(3)19-13(2)17-7-6-10-25-17/h6-11,13-14,19H,1-5H3,(H,20,22)/p+1/t13-,14+/m0/s1. The van der Waals surface area contributed by atoms with Crippen molar-refractivity contribution in [2.24, 2.45) is 0 Å². The number of hydrogen-bond donors (Lipinski definition) is 2. The molecule has 142 valence electrons. The lowest BCUT2D eigenvalue weighted by molar-refractivity contribution is -0.709. The quantitative estimate of drug-likeness (QED) is 0.750. The maximum atomic E-state index is 12.6. The SMILES string of the molecule is Cc1ccc(S(=O)(=O)N(C)C)cc1NC(=O)[C@@H](C)[NH2+][C@@H](C)c1cccs1. The van der Waals surface area contributed by atoms with E-state index in [1.54, 1.807) is 23.5 Å². The largest absolute Gasteiger partial charge is 0.330 e. The molecule has 1 aromatic carbocycles. The predicted octanol–water partition coefficient (Wildman–Crippen LogP) is 1.96. The van der Waals surface area contributed by atoms with Crippen LogP contribution in [-0.2, 0) is 14.8 Å². The van der Waals surface area contributed by atoms with Gasteiger partial charge in [0, 0.05) is 19.8 Å². The summed E-state index contributed by atoms with van der Waals surface area (Å²) in [5.41, 5.74) is 1.33. The molecule has 2 rings (SSSR count). The van der Waals surface area contributed by atoms with Gasteiger partial charge in [0.1, 0.15) is 6.04 Å². The lowest BCUT2D eigenvalue weighted by atomic mass is 10.2. The number of anilines is 1. The van der Waals surface area contributed by atoms with Crippen LogP contribution in [0.2, 0.25) is 0 Å². The minimum Gasteiger partial charge on any atom is -0.330 e. The monoisotopic (exact) mass is 396 g/mol. The summed E-state index contributed by atoms with van der Waals surface area (Å²) in [5.74, 6) is -0.157. The second-order valence-corrected chi connectivity index (χ2v) is 9.67. The molecule has 0 spiro atoms. The second-order valence-electron chi connectivity index (χ2n) is 6.54. The molecule has 3 N–H and O–H groups in total. The van der Waals surface area contributed by atoms with Crippen molar-refractivity contribution < 1.29 is 18.5 Å². The molecule has 0 aliphatic rings. The summed E-state index contributed by atoms with van der Waals surface area (Å²) in [4.78, 5) is 13.9. The van der Waals surface area contributed by atoms with E-state index in [0.717, 1.165) is 9.87 Å². The van der Waals surface area contributed by atoms with E-state index >= 15 is 0 Å². The number of hydrogen-bond acceptors (Lipinski definition) is 4. The second kappa shape index (κ2) is 8.30. The van der Waals surface area contributed by atoms with Gasteiger partial charge in [0.05, 0.1) is 9.77 Å². The molecule has 1 heterocycles. The first-order valence-electron chi connectivity index (χ1n) is 8.35. The van der Waals surface area contributed by atoms with Gasteiger partial charge in [0.25, 0.3) is 5.91 Å². The highest BCUT2D eigenvalue weighted by atomic mass is 32.2. The van der Waals surface area contributed by atoms with Crippen LogP contribution in [0.25, 0.3) is 0 Å². The van der Waals surface area contributed by atoms with Crippen LogP contribution in [-0.4, -0.2) is 38.8 Å². The molecule has 0 saturated carbocycles. The smallest absolute Gasteiger partial charge is 0.282 e. The van der Waals surface area contributed by atoms with Gasteiger partial charge in [-0.1, -0.05) is 12.1 Å². The average Bonchev–Trinajstić information content (AvgIpc) is 3.11. The lowest BCUT2D eigenvalue weighted by Gasteiger charge is -2.17. The van der Waals surface area contributed by atoms with Crippen molar-refractivity contribution in [3.05, 3.63) is 46.2 Å². The number of nitrogens with zero attached hydrogens (tertiary/aromatic N) is 1. The van der Waals surface area contributed by atoms with E-state index in [0.29, 0.717) is 5.69 Å². The predicted molar refractivity (Wildman–Crippen MR) is 105 cm³/mol. The number of nitrogens with one attached hydrogen (secondary N) is 1. The zero-order valence-electron chi connectivity index (χ0n) is 15.7. The van der Waals surface area contributed by atoms with Crippen LogP contribution in [0.3, 0.4) is 0 Å². The average molecular weight is 397 g/mol. The van der Waals surface area contributed by atoms with Crippen LogP contribution in [0.1, 0.15) is 30.3 Å². The van der Waals surface area contributed by atoms with Gasteiger partial charge in [-0.3, -0.25) is 4.79 Å². The number of thiophene rings is 1. The Bertz CT molecular complexity index is 862. The van der Waals surface area contributed by atoms with Gasteiger partial charge in [0.15, 0.2) is 6.04 Å². The van der Waals surface area contributed by atoms with E-state index in [4.69, 9.17) is 0 Å². The molecule has 8 heteroatoms. The highest BCUT2D eigenvalue weighted by Crippen LogP contribution is 2.22. The van der Waals surface area contributed by atoms with Gasteiger partial charge >= 0.3 is 0 Å². The lowest BCUT2D eigenvalue weighted by Crippen LogP contribution is -2.91. The third kappa shape index (κ3) is 4.70. The van der Waals surface area contributed by atoms with Crippen LogP contribution in [0, 0.1) is 6.92 Å². The first-order valence-corrected chi connectivity index (χ1v) is 10.7. The Morgan fingerprint density at radius 2 is 1.92 bits per heavy atom. The van der Waals surface area contributed by atoms with Crippen LogP contribution < -0.4 is 10.6 Å². The molecule has 0 fully saturated rings. The summed E-state index contributed by atoms with van der Waals surface area (Å²) in [6.45, 7) is 5.74. The topological polar surface area (TPSA) is 83.1 Å². The summed E-state index contributed by atoms with van der Waals surface area (Å²) in [7, 11) is -0.580. The molecule has 2 aromatic rings. The Morgan fingerprint density at radius 1 is 1.23 bits per heavy atom. The first kappa shape index (κ1) is 20.6. The third-order valence-corrected chi connectivity index (χ3v) is 7.11. The van der Waals surface area contributed by atoms with Crippen LogP contribution in [0.15, 0.2) is 40.6 Å². The number of benzene rings is 1. The summed E-state index contributed by atoms with van der Waals surface area (Å²) in [6.07, 6.45) is 0. The highest BCUT2D eigenvalue weighted by Gasteiger charge is 2.23. The summed E-state index contributed by atoms with van der Waals surface area (Å²) in [6, 6.07) is 8.69. The van der Waals surface area contributed by atoms with Gasteiger partial charge in [-0.05, 0) is 49.9 Å². The van der Waals surface area contributed by atoms with E-state index < -0.39 is 10.0 Å². The van der Waals surface area contributed by atoms with Crippen molar-refractivity contribution in [3.63, 3.8) is 0 Å². The number of quaternary nitrogens is 1. The Balaban J connectivity index is 2.13. The molecular weight excluding hydrogens is 370 g/mol. The van der Waals surface area contributed by atoms with Crippen molar-refractivity contribution >= 4 is 33.0 Å². The molecule has 2 atom stereocenters. The molecular formula is C18H26N3O3S2+. The summed E-state index contributed by atoms with van der Waals surface area (Å²) < 4.78 is 25.8. The van der Waals surface area contributed by atoms with Gasteiger partial charge in [-0.2, -0.15) is 0 Å². The summed E-state index contributed by atoms with van der Waals surface area (Å²) >= 11 is 1.66. The van der Waals surface area contributed by atoms with Crippen molar-refractivity contribution in [1.82, 2.24) is 4.31 Å². The fraction of sp³-hybridized carbons (Fsp3) is 0.389. The molecule has 6 nitrogen and oxygen atoms in total. The van der Waals surface area contributed by atoms with Crippen LogP contribution in [0.4, 0.5) is 5.69 Å². The first-order chi connectivity index (χ1) is 12.1. The number of rotatable bonds is 7. The van der Waals surface area contributed by atoms with E-state index in [9.17, 15) is 13.2 Å². The fourth-order valence-corrected chi connectivity index (χ4v) is 4.21. The van der Waals surface area contributed by atoms with Gasteiger partial charge < -0.3 is 10.6 Å². The Hall–Kier alpha value is -1.74. The number of carbonyl (C=O) groups is 1. The molecule has 0 saturated heterocycles. The van der Waals surface area contributed by atoms with E-state index in [-0.39, 0.29) is 22.9 Å².